The van der Waals surface area contributed by atoms with Crippen molar-refractivity contribution in [3.8, 4) is 22.5 Å². The highest BCUT2D eigenvalue weighted by Gasteiger charge is 2.33. The first-order chi connectivity index (χ1) is 15.5. The number of benzene rings is 2. The zero-order valence-corrected chi connectivity index (χ0v) is 18.9. The van der Waals surface area contributed by atoms with E-state index in [-0.39, 0.29) is 0 Å². The van der Waals surface area contributed by atoms with Crippen LogP contribution in [0.2, 0.25) is 0 Å². The minimum atomic E-state index is -1.46. The average Bonchev–Trinajstić information content (AvgIpc) is 3.47. The van der Waals surface area contributed by atoms with Crippen LogP contribution in [0.5, 0.6) is 0 Å². The monoisotopic (exact) mass is 421 g/mol. The minimum Gasteiger partial charge on any atom is -0.397 e. The fraction of sp³-hybridized carbons (Fsp3) is 0.160. The molecule has 32 heavy (non-hydrogen) atoms. The van der Waals surface area contributed by atoms with Crippen LogP contribution in [-0.4, -0.2) is 37.1 Å². The van der Waals surface area contributed by atoms with Gasteiger partial charge < -0.3 is 9.19 Å². The summed E-state index contributed by atoms with van der Waals surface area (Å²) in [6, 6.07) is 24.8. The number of nitrogens with zero attached hydrogens (tertiary/aromatic N) is 6. The second-order valence-corrected chi connectivity index (χ2v) is 8.42. The fourth-order valence-electron chi connectivity index (χ4n) is 4.43. The number of rotatable bonds is 5. The third-order valence-corrected chi connectivity index (χ3v) is 6.01. The van der Waals surface area contributed by atoms with Crippen LogP contribution in [0.15, 0.2) is 84.6 Å². The highest BCUT2D eigenvalue weighted by Crippen LogP contribution is 2.24. The molecule has 2 aromatic carbocycles. The van der Waals surface area contributed by atoms with E-state index in [4.69, 9.17) is 15.3 Å². The Balaban J connectivity index is 1.65. The van der Waals surface area contributed by atoms with E-state index in [0.29, 0.717) is 0 Å². The van der Waals surface area contributed by atoms with Crippen molar-refractivity contribution in [2.24, 2.45) is 0 Å². The predicted molar refractivity (Wildman–Crippen MR) is 131 cm³/mol. The maximum Gasteiger partial charge on any atom is 0.375 e. The van der Waals surface area contributed by atoms with Crippen LogP contribution in [0.1, 0.15) is 25.2 Å². The van der Waals surface area contributed by atoms with Crippen molar-refractivity contribution in [2.75, 3.05) is 0 Å². The van der Waals surface area contributed by atoms with E-state index < -0.39 is 7.12 Å². The highest BCUT2D eigenvalue weighted by molar-refractivity contribution is 6.52. The summed E-state index contributed by atoms with van der Waals surface area (Å²) in [5.74, 6) is 0. The van der Waals surface area contributed by atoms with Gasteiger partial charge in [-0.15, -0.1) is 0 Å². The lowest BCUT2D eigenvalue weighted by Gasteiger charge is -2.30. The standard InChI is InChI=1S/C25H26BN6/c1-18-15-19(2)30(27-18)26(31-20(3)16-24(28-31)22-11-7-5-8-12-22)32-21(4)17-25(29-32)23-13-9-6-10-14-23/h5-17,26H,1-4H3. The van der Waals surface area contributed by atoms with Crippen molar-refractivity contribution in [3.05, 3.63) is 96.0 Å². The van der Waals surface area contributed by atoms with Gasteiger partial charge in [-0.25, -0.2) is 15.1 Å². The first kappa shape index (κ1) is 20.1. The summed E-state index contributed by atoms with van der Waals surface area (Å²) in [6.07, 6.45) is 2.11. The molecule has 2 aromatic heterocycles. The summed E-state index contributed by atoms with van der Waals surface area (Å²) < 4.78 is 4.19. The Bertz CT molecular complexity index is 1230. The molecule has 0 unspecified atom stereocenters. The molecule has 7 heteroatoms. The third kappa shape index (κ3) is 3.56. The molecule has 0 fully saturated rings. The molecule has 1 aliphatic heterocycles. The molecule has 3 heterocycles. The number of allylic oxidation sites excluding steroid dienone is 2. The van der Waals surface area contributed by atoms with E-state index in [2.05, 4.69) is 77.4 Å². The second-order valence-electron chi connectivity index (χ2n) is 8.42. The summed E-state index contributed by atoms with van der Waals surface area (Å²) >= 11 is 0. The van der Waals surface area contributed by atoms with Crippen molar-refractivity contribution >= 4 is 12.8 Å². The topological polar surface area (TPSA) is 53.0 Å². The van der Waals surface area contributed by atoms with Gasteiger partial charge in [-0.05, 0) is 44.3 Å². The Hall–Kier alpha value is -3.87. The van der Waals surface area contributed by atoms with Crippen molar-refractivity contribution in [2.45, 2.75) is 27.7 Å². The maximum atomic E-state index is 5.04. The molecule has 0 amide bonds. The molecule has 0 aliphatic carbocycles. The molecule has 0 saturated carbocycles. The van der Waals surface area contributed by atoms with E-state index in [1.165, 1.54) is 0 Å². The highest BCUT2D eigenvalue weighted by atomic mass is 15.5. The van der Waals surface area contributed by atoms with E-state index >= 15 is 0 Å². The molecule has 4 aromatic rings. The van der Waals surface area contributed by atoms with Crippen LogP contribution < -0.4 is 5.10 Å². The summed E-state index contributed by atoms with van der Waals surface area (Å²) in [7, 11) is -1.46. The largest absolute Gasteiger partial charge is 0.397 e. The van der Waals surface area contributed by atoms with E-state index in [1.54, 1.807) is 0 Å². The molecule has 0 atom stereocenters. The Morgan fingerprint density at radius 1 is 0.688 bits per heavy atom. The quantitative estimate of drug-likeness (QED) is 0.457. The number of hydrazone groups is 1. The van der Waals surface area contributed by atoms with Gasteiger partial charge in [0, 0.05) is 29.8 Å². The molecule has 159 valence electrons. The molecule has 6 nitrogen and oxygen atoms in total. The van der Waals surface area contributed by atoms with Gasteiger partial charge in [-0.1, -0.05) is 60.7 Å². The smallest absolute Gasteiger partial charge is 0.375 e. The van der Waals surface area contributed by atoms with Gasteiger partial charge in [-0.3, -0.25) is 0 Å². The number of aryl methyl sites for hydroxylation is 2. The first-order valence-electron chi connectivity index (χ1n) is 10.9. The lowest BCUT2D eigenvalue weighted by atomic mass is 9.91. The summed E-state index contributed by atoms with van der Waals surface area (Å²) in [5.41, 5.74) is 8.34. The van der Waals surface area contributed by atoms with Crippen LogP contribution in [0.3, 0.4) is 0 Å². The van der Waals surface area contributed by atoms with Gasteiger partial charge in [0.15, 0.2) is 0 Å². The van der Waals surface area contributed by atoms with Crippen molar-refractivity contribution in [1.82, 2.24) is 29.4 Å². The van der Waals surface area contributed by atoms with Crippen molar-refractivity contribution in [3.63, 3.8) is 0 Å². The SMILES string of the molecule is CC1=CC(C)=[N+]N1[BH-](n1nc(-c2ccccc2)cc1C)n1nc(-c2ccccc2)cc1C. The number of hydrogen-bond donors (Lipinski definition) is 0. The van der Waals surface area contributed by atoms with Crippen LogP contribution in [-0.2, 0) is 0 Å². The average molecular weight is 421 g/mol. The Labute approximate surface area is 188 Å². The van der Waals surface area contributed by atoms with Gasteiger partial charge >= 0.3 is 7.12 Å². The zero-order chi connectivity index (χ0) is 22.2. The van der Waals surface area contributed by atoms with Crippen LogP contribution in [0.25, 0.3) is 22.5 Å². The van der Waals surface area contributed by atoms with Gasteiger partial charge in [0.1, 0.15) is 5.10 Å². The molecular formula is C25H26BN6. The third-order valence-electron chi connectivity index (χ3n) is 6.01. The summed E-state index contributed by atoms with van der Waals surface area (Å²) in [5, 5.41) is 14.9. The Morgan fingerprint density at radius 2 is 1.16 bits per heavy atom. The van der Waals surface area contributed by atoms with Crippen LogP contribution in [0.4, 0.5) is 0 Å². The minimum absolute atomic E-state index is 0.954. The summed E-state index contributed by atoms with van der Waals surface area (Å²) in [4.78, 5) is 2.08. The Morgan fingerprint density at radius 3 is 1.56 bits per heavy atom. The molecular weight excluding hydrogens is 395 g/mol. The summed E-state index contributed by atoms with van der Waals surface area (Å²) in [6.45, 7) is 8.31. The van der Waals surface area contributed by atoms with E-state index in [9.17, 15) is 0 Å². The Kier molecular flexibility index (Phi) is 5.01. The van der Waals surface area contributed by atoms with Gasteiger partial charge in [0.25, 0.3) is 5.71 Å². The van der Waals surface area contributed by atoms with Crippen LogP contribution >= 0.6 is 0 Å². The van der Waals surface area contributed by atoms with Gasteiger partial charge in [-0.2, -0.15) is 0 Å². The normalized spacial score (nSPS) is 13.6. The molecule has 0 N–H and O–H groups in total. The molecule has 1 aliphatic rings. The van der Waals surface area contributed by atoms with Crippen LogP contribution in [0, 0.1) is 13.8 Å². The van der Waals surface area contributed by atoms with E-state index in [1.807, 2.05) is 43.3 Å². The second kappa shape index (κ2) is 8.00. The van der Waals surface area contributed by atoms with Crippen molar-refractivity contribution in [1.29, 1.82) is 0 Å². The lowest BCUT2D eigenvalue weighted by Crippen LogP contribution is -2.52. The number of aromatic nitrogens is 4. The molecule has 5 rings (SSSR count). The lowest BCUT2D eigenvalue weighted by molar-refractivity contribution is 0.479. The number of hydrogen-bond acceptors (Lipinski definition) is 4. The molecule has 1 radical (unpaired) electrons. The van der Waals surface area contributed by atoms with Gasteiger partial charge in [0.2, 0.25) is 0 Å². The molecule has 0 bridgehead atoms. The van der Waals surface area contributed by atoms with Gasteiger partial charge in [0.05, 0.1) is 11.4 Å². The molecule has 0 saturated heterocycles. The van der Waals surface area contributed by atoms with Crippen molar-refractivity contribution < 1.29 is 0 Å². The zero-order valence-electron chi connectivity index (χ0n) is 18.9. The maximum absolute atomic E-state index is 5.04. The van der Waals surface area contributed by atoms with E-state index in [0.717, 1.165) is 45.3 Å². The first-order valence-corrected chi connectivity index (χ1v) is 10.9. The molecule has 0 spiro atoms. The fourth-order valence-corrected chi connectivity index (χ4v) is 4.43. The predicted octanol–water partition coefficient (Wildman–Crippen LogP) is 4.08.